The van der Waals surface area contributed by atoms with Crippen molar-refractivity contribution in [2.24, 2.45) is 0 Å². The van der Waals surface area contributed by atoms with Crippen molar-refractivity contribution < 1.29 is 81.5 Å². The Morgan fingerprint density at radius 3 is 0.911 bits per heavy atom. The molecule has 18 heteroatoms. The second-order valence-electron chi connectivity index (χ2n) is 8.88. The van der Waals surface area contributed by atoms with E-state index in [1.807, 2.05) is 0 Å². The maximum Gasteiger partial charge on any atom is 0.416 e. The van der Waals surface area contributed by atoms with Crippen LogP contribution in [0.15, 0.2) is 54.6 Å². The summed E-state index contributed by atoms with van der Waals surface area (Å²) in [4.78, 5) is 11.5. The minimum absolute atomic E-state index is 0.0906. The highest BCUT2D eigenvalue weighted by atomic mass is 19.4. The van der Waals surface area contributed by atoms with E-state index in [1.54, 1.807) is 0 Å². The fourth-order valence-corrected chi connectivity index (χ4v) is 3.52. The quantitative estimate of drug-likeness (QED) is 0.164. The van der Waals surface area contributed by atoms with Crippen LogP contribution in [0.4, 0.5) is 52.7 Å². The first-order chi connectivity index (χ1) is 20.6. The first-order valence-electron chi connectivity index (χ1n) is 12.1. The van der Waals surface area contributed by atoms with Crippen molar-refractivity contribution in [2.45, 2.75) is 24.7 Å². The third-order valence-corrected chi connectivity index (χ3v) is 5.49. The molecule has 0 aromatic heterocycles. The topological polar surface area (TPSA) is 74.2 Å². The molecule has 0 aliphatic carbocycles. The number of carbonyl (C=O) groups is 1. The van der Waals surface area contributed by atoms with Gasteiger partial charge in [-0.3, -0.25) is 0 Å². The highest BCUT2D eigenvalue weighted by molar-refractivity contribution is 5.88. The summed E-state index contributed by atoms with van der Waals surface area (Å²) in [6, 6.07) is 4.27. The molecule has 0 atom stereocenters. The summed E-state index contributed by atoms with van der Waals surface area (Å²) in [7, 11) is 0. The van der Waals surface area contributed by atoms with E-state index in [0.29, 0.717) is 24.3 Å². The molecule has 0 unspecified atom stereocenters. The molecule has 45 heavy (non-hydrogen) atoms. The molecule has 0 amide bonds. The molecule has 3 aromatic rings. The predicted octanol–water partition coefficient (Wildman–Crippen LogP) is 8.38. The van der Waals surface area contributed by atoms with Crippen LogP contribution in [0.5, 0.6) is 23.0 Å². The van der Waals surface area contributed by atoms with E-state index in [-0.39, 0.29) is 23.6 Å². The van der Waals surface area contributed by atoms with E-state index in [9.17, 15) is 62.6 Å². The highest BCUT2D eigenvalue weighted by Crippen LogP contribution is 2.39. The molecule has 3 aromatic carbocycles. The van der Waals surface area contributed by atoms with Crippen LogP contribution in [-0.4, -0.2) is 37.5 Å². The normalized spacial score (nSPS) is 12.5. The Balaban J connectivity index is 1.64. The van der Waals surface area contributed by atoms with E-state index in [4.69, 9.17) is 18.9 Å². The average molecular weight is 666 g/mol. The standard InChI is InChI=1S/C27H18F12O6/c28-24(29,30)15-7-16(25(31,32)33)10-21(9-15)44-3-1-42-19-5-14(23(40)41)6-20(13-19)43-2-4-45-22-11-17(26(34,35)36)8-18(12-22)27(37,38)39/h5-13H,1-4H2,(H,40,41). The number of hydrogen-bond acceptors (Lipinski definition) is 5. The number of hydrogen-bond donors (Lipinski definition) is 1. The van der Waals surface area contributed by atoms with E-state index < -0.39 is 96.4 Å². The van der Waals surface area contributed by atoms with E-state index in [2.05, 4.69) is 0 Å². The minimum Gasteiger partial charge on any atom is -0.490 e. The zero-order valence-corrected chi connectivity index (χ0v) is 22.0. The SMILES string of the molecule is O=C(O)c1cc(OCCOc2cc(C(F)(F)F)cc(C(F)(F)F)c2)cc(OCCOc2cc(C(F)(F)F)cc(C(F)(F)F)c2)c1. The van der Waals surface area contributed by atoms with Gasteiger partial charge in [0.05, 0.1) is 27.8 Å². The molecular weight excluding hydrogens is 648 g/mol. The molecule has 0 fully saturated rings. The van der Waals surface area contributed by atoms with Gasteiger partial charge in [0.15, 0.2) is 0 Å². The van der Waals surface area contributed by atoms with Crippen molar-refractivity contribution >= 4 is 5.97 Å². The van der Waals surface area contributed by atoms with Crippen LogP contribution in [0.1, 0.15) is 32.6 Å². The van der Waals surface area contributed by atoms with Crippen LogP contribution in [0, 0.1) is 0 Å². The smallest absolute Gasteiger partial charge is 0.416 e. The van der Waals surface area contributed by atoms with E-state index in [1.165, 1.54) is 0 Å². The molecule has 0 aliphatic rings. The minimum atomic E-state index is -5.10. The summed E-state index contributed by atoms with van der Waals surface area (Å²) in [5.41, 5.74) is -6.85. The lowest BCUT2D eigenvalue weighted by Crippen LogP contribution is -2.14. The van der Waals surface area contributed by atoms with Gasteiger partial charge in [-0.05, 0) is 48.5 Å². The van der Waals surface area contributed by atoms with Gasteiger partial charge >= 0.3 is 30.7 Å². The van der Waals surface area contributed by atoms with Gasteiger partial charge in [0.2, 0.25) is 0 Å². The van der Waals surface area contributed by atoms with Crippen LogP contribution in [0.25, 0.3) is 0 Å². The van der Waals surface area contributed by atoms with Gasteiger partial charge < -0.3 is 24.1 Å². The molecule has 0 saturated carbocycles. The second-order valence-corrected chi connectivity index (χ2v) is 8.88. The Labute approximate surface area is 244 Å². The maximum atomic E-state index is 13.0. The molecule has 0 heterocycles. The maximum absolute atomic E-state index is 13.0. The largest absolute Gasteiger partial charge is 0.490 e. The van der Waals surface area contributed by atoms with Gasteiger partial charge in [-0.2, -0.15) is 52.7 Å². The van der Waals surface area contributed by atoms with Crippen molar-refractivity contribution in [1.82, 2.24) is 0 Å². The van der Waals surface area contributed by atoms with Crippen molar-refractivity contribution in [2.75, 3.05) is 26.4 Å². The molecule has 0 radical (unpaired) electrons. The zero-order valence-electron chi connectivity index (χ0n) is 22.0. The molecular formula is C27H18F12O6. The second kappa shape index (κ2) is 13.2. The van der Waals surface area contributed by atoms with Crippen LogP contribution >= 0.6 is 0 Å². The number of ether oxygens (including phenoxy) is 4. The summed E-state index contributed by atoms with van der Waals surface area (Å²) < 4.78 is 176. The molecule has 1 N–H and O–H groups in total. The zero-order chi connectivity index (χ0) is 33.8. The Morgan fingerprint density at radius 1 is 0.444 bits per heavy atom. The third kappa shape index (κ3) is 10.3. The van der Waals surface area contributed by atoms with Crippen LogP contribution < -0.4 is 18.9 Å². The molecule has 0 saturated heterocycles. The van der Waals surface area contributed by atoms with Gasteiger partial charge in [-0.1, -0.05) is 0 Å². The Hall–Kier alpha value is -4.51. The number of carboxylic acids is 1. The molecule has 6 nitrogen and oxygen atoms in total. The first kappa shape index (κ1) is 35.0. The van der Waals surface area contributed by atoms with Gasteiger partial charge in [0.25, 0.3) is 0 Å². The summed E-state index contributed by atoms with van der Waals surface area (Å²) in [6.07, 6.45) is -20.4. The van der Waals surface area contributed by atoms with Crippen molar-refractivity contribution in [3.8, 4) is 23.0 Å². The van der Waals surface area contributed by atoms with E-state index >= 15 is 0 Å². The van der Waals surface area contributed by atoms with Crippen LogP contribution in [-0.2, 0) is 24.7 Å². The van der Waals surface area contributed by atoms with Crippen molar-refractivity contribution in [3.63, 3.8) is 0 Å². The van der Waals surface area contributed by atoms with Gasteiger partial charge in [-0.25, -0.2) is 4.79 Å². The van der Waals surface area contributed by atoms with Crippen LogP contribution in [0.2, 0.25) is 0 Å². The molecule has 246 valence electrons. The Kier molecular flexibility index (Phi) is 10.3. The monoisotopic (exact) mass is 666 g/mol. The number of rotatable bonds is 11. The lowest BCUT2D eigenvalue weighted by atomic mass is 10.1. The van der Waals surface area contributed by atoms with Crippen LogP contribution in [0.3, 0.4) is 0 Å². The number of alkyl halides is 12. The average Bonchev–Trinajstić information content (AvgIpc) is 2.91. The lowest BCUT2D eigenvalue weighted by molar-refractivity contribution is -0.144. The third-order valence-electron chi connectivity index (χ3n) is 5.49. The molecule has 0 spiro atoms. The molecule has 0 aliphatic heterocycles. The van der Waals surface area contributed by atoms with Gasteiger partial charge in [-0.15, -0.1) is 0 Å². The van der Waals surface area contributed by atoms with Gasteiger partial charge in [0.1, 0.15) is 49.4 Å². The Morgan fingerprint density at radius 2 is 0.689 bits per heavy atom. The Bertz CT molecular complexity index is 1330. The van der Waals surface area contributed by atoms with Crippen molar-refractivity contribution in [3.05, 3.63) is 82.4 Å². The van der Waals surface area contributed by atoms with Crippen molar-refractivity contribution in [1.29, 1.82) is 0 Å². The number of halogens is 12. The molecule has 0 bridgehead atoms. The van der Waals surface area contributed by atoms with E-state index in [0.717, 1.165) is 18.2 Å². The number of aromatic carboxylic acids is 1. The first-order valence-corrected chi connectivity index (χ1v) is 12.1. The number of benzene rings is 3. The predicted molar refractivity (Wildman–Crippen MR) is 128 cm³/mol. The fourth-order valence-electron chi connectivity index (χ4n) is 3.52. The summed E-state index contributed by atoms with van der Waals surface area (Å²) in [5, 5.41) is 9.31. The summed E-state index contributed by atoms with van der Waals surface area (Å²) in [5.74, 6) is -3.44. The molecule has 3 rings (SSSR count). The highest BCUT2D eigenvalue weighted by Gasteiger charge is 2.38. The summed E-state index contributed by atoms with van der Waals surface area (Å²) >= 11 is 0. The fraction of sp³-hybridized carbons (Fsp3) is 0.296. The number of carboxylic acid groups (broad SMARTS) is 1. The summed E-state index contributed by atoms with van der Waals surface area (Å²) in [6.45, 7) is -2.17. The lowest BCUT2D eigenvalue weighted by Gasteiger charge is -2.16. The van der Waals surface area contributed by atoms with Gasteiger partial charge in [0, 0.05) is 6.07 Å².